The largest absolute Gasteiger partial charge is 0.366 e. The molecule has 21 heavy (non-hydrogen) atoms. The molecule has 1 saturated heterocycles. The van der Waals surface area contributed by atoms with Crippen molar-refractivity contribution in [1.29, 1.82) is 0 Å². The van der Waals surface area contributed by atoms with E-state index in [-0.39, 0.29) is 17.9 Å². The van der Waals surface area contributed by atoms with Gasteiger partial charge in [0.1, 0.15) is 6.29 Å². The summed E-state index contributed by atoms with van der Waals surface area (Å²) in [5.41, 5.74) is 6.73. The molecular formula is C15H19N3O3. The van der Waals surface area contributed by atoms with Crippen LogP contribution in [0.2, 0.25) is 0 Å². The van der Waals surface area contributed by atoms with Crippen LogP contribution in [0.1, 0.15) is 35.2 Å². The molecule has 112 valence electrons. The van der Waals surface area contributed by atoms with Gasteiger partial charge in [0.15, 0.2) is 0 Å². The molecule has 6 heteroatoms. The van der Waals surface area contributed by atoms with E-state index in [0.29, 0.717) is 24.8 Å². The van der Waals surface area contributed by atoms with E-state index < -0.39 is 11.9 Å². The molecule has 1 aromatic rings. The Morgan fingerprint density at radius 3 is 2.90 bits per heavy atom. The van der Waals surface area contributed by atoms with Crippen LogP contribution in [-0.2, 0) is 9.59 Å². The normalized spacial score (nSPS) is 22.5. The van der Waals surface area contributed by atoms with Crippen molar-refractivity contribution < 1.29 is 14.4 Å². The lowest BCUT2D eigenvalue weighted by Gasteiger charge is -2.13. The van der Waals surface area contributed by atoms with Gasteiger partial charge in [0.2, 0.25) is 11.8 Å². The van der Waals surface area contributed by atoms with E-state index in [9.17, 15) is 14.4 Å². The fourth-order valence-corrected chi connectivity index (χ4v) is 2.49. The Morgan fingerprint density at radius 2 is 2.24 bits per heavy atom. The van der Waals surface area contributed by atoms with Crippen LogP contribution in [0.15, 0.2) is 24.3 Å². The Hall–Kier alpha value is -2.21. The number of nitrogens with two attached hydrogens (primary N) is 1. The first kappa shape index (κ1) is 15.2. The average Bonchev–Trinajstić information content (AvgIpc) is 2.97. The summed E-state index contributed by atoms with van der Waals surface area (Å²) in [4.78, 5) is 33.7. The van der Waals surface area contributed by atoms with Crippen molar-refractivity contribution in [3.05, 3.63) is 35.4 Å². The molecule has 3 atom stereocenters. The molecule has 6 nitrogen and oxygen atoms in total. The van der Waals surface area contributed by atoms with Crippen LogP contribution < -0.4 is 16.4 Å². The third-order valence-corrected chi connectivity index (χ3v) is 3.66. The van der Waals surface area contributed by atoms with Gasteiger partial charge in [-0.15, -0.1) is 0 Å². The SMILES string of the molecule is C[C@@H](C=O)NC(=O)[C@H]1C[C@@H](c2cccc(C(N)=O)c2)CN1. The topological polar surface area (TPSA) is 101 Å². The van der Waals surface area contributed by atoms with Gasteiger partial charge < -0.3 is 21.2 Å². The van der Waals surface area contributed by atoms with Gasteiger partial charge in [0.25, 0.3) is 0 Å². The van der Waals surface area contributed by atoms with Crippen molar-refractivity contribution in [1.82, 2.24) is 10.6 Å². The molecule has 2 rings (SSSR count). The summed E-state index contributed by atoms with van der Waals surface area (Å²) in [7, 11) is 0. The van der Waals surface area contributed by atoms with Crippen LogP contribution in [0.5, 0.6) is 0 Å². The maximum atomic E-state index is 12.0. The van der Waals surface area contributed by atoms with E-state index in [4.69, 9.17) is 5.73 Å². The number of carbonyl (C=O) groups excluding carboxylic acids is 3. The number of amides is 2. The van der Waals surface area contributed by atoms with E-state index in [1.165, 1.54) is 0 Å². The molecule has 0 spiro atoms. The highest BCUT2D eigenvalue weighted by Gasteiger charge is 2.30. The van der Waals surface area contributed by atoms with Gasteiger partial charge >= 0.3 is 0 Å². The van der Waals surface area contributed by atoms with Gasteiger partial charge in [0.05, 0.1) is 12.1 Å². The fraction of sp³-hybridized carbons (Fsp3) is 0.400. The summed E-state index contributed by atoms with van der Waals surface area (Å²) < 4.78 is 0. The zero-order valence-electron chi connectivity index (χ0n) is 11.8. The molecule has 1 aliphatic rings. The number of nitrogens with one attached hydrogen (secondary N) is 2. The van der Waals surface area contributed by atoms with Crippen molar-refractivity contribution in [3.8, 4) is 0 Å². The summed E-state index contributed by atoms with van der Waals surface area (Å²) in [6.07, 6.45) is 1.32. The quantitative estimate of drug-likeness (QED) is 0.661. The van der Waals surface area contributed by atoms with Crippen LogP contribution in [0.25, 0.3) is 0 Å². The zero-order valence-corrected chi connectivity index (χ0v) is 11.8. The summed E-state index contributed by atoms with van der Waals surface area (Å²) in [6, 6.07) is 6.34. The predicted octanol–water partition coefficient (Wildman–Crippen LogP) is -0.0654. The Bertz CT molecular complexity index is 559. The molecule has 1 heterocycles. The number of aldehydes is 1. The van der Waals surface area contributed by atoms with E-state index in [1.807, 2.05) is 6.07 Å². The molecule has 0 radical (unpaired) electrons. The third kappa shape index (κ3) is 3.66. The Balaban J connectivity index is 2.02. The molecule has 2 amide bonds. The maximum absolute atomic E-state index is 12.0. The molecule has 0 saturated carbocycles. The predicted molar refractivity (Wildman–Crippen MR) is 77.8 cm³/mol. The Labute approximate surface area is 123 Å². The van der Waals surface area contributed by atoms with Crippen LogP contribution in [0.4, 0.5) is 0 Å². The first-order valence-corrected chi connectivity index (χ1v) is 6.90. The van der Waals surface area contributed by atoms with Gasteiger partial charge in [0, 0.05) is 12.1 Å². The molecular weight excluding hydrogens is 270 g/mol. The molecule has 1 aliphatic heterocycles. The Morgan fingerprint density at radius 1 is 1.48 bits per heavy atom. The lowest BCUT2D eigenvalue weighted by atomic mass is 9.94. The smallest absolute Gasteiger partial charge is 0.248 e. The number of benzene rings is 1. The lowest BCUT2D eigenvalue weighted by molar-refractivity contribution is -0.125. The van der Waals surface area contributed by atoms with E-state index in [1.54, 1.807) is 25.1 Å². The standard InChI is InChI=1S/C15H19N3O3/c1-9(8-19)18-15(21)13-6-12(7-17-13)10-3-2-4-11(5-10)14(16)20/h2-5,8-9,12-13,17H,6-7H2,1H3,(H2,16,20)(H,18,21)/t9-,12+,13+/m0/s1. The van der Waals surface area contributed by atoms with Crippen molar-refractivity contribution >= 4 is 18.1 Å². The average molecular weight is 289 g/mol. The number of hydrogen-bond acceptors (Lipinski definition) is 4. The molecule has 1 fully saturated rings. The van der Waals surface area contributed by atoms with Gasteiger partial charge in [-0.25, -0.2) is 0 Å². The van der Waals surface area contributed by atoms with Crippen molar-refractivity contribution in [2.45, 2.75) is 31.3 Å². The number of carbonyl (C=O) groups is 3. The van der Waals surface area contributed by atoms with Crippen LogP contribution >= 0.6 is 0 Å². The fourth-order valence-electron chi connectivity index (χ4n) is 2.49. The van der Waals surface area contributed by atoms with Gasteiger partial charge in [-0.3, -0.25) is 9.59 Å². The summed E-state index contributed by atoms with van der Waals surface area (Å²) >= 11 is 0. The highest BCUT2D eigenvalue weighted by atomic mass is 16.2. The van der Waals surface area contributed by atoms with Crippen LogP contribution in [0.3, 0.4) is 0 Å². The molecule has 1 aromatic carbocycles. The van der Waals surface area contributed by atoms with Gasteiger partial charge in [-0.05, 0) is 37.0 Å². The Kier molecular flexibility index (Phi) is 4.70. The number of primary amides is 1. The molecule has 0 bridgehead atoms. The lowest BCUT2D eigenvalue weighted by Crippen LogP contribution is -2.44. The first-order chi connectivity index (χ1) is 10.0. The first-order valence-electron chi connectivity index (χ1n) is 6.90. The third-order valence-electron chi connectivity index (χ3n) is 3.66. The summed E-state index contributed by atoms with van der Waals surface area (Å²) in [5.74, 6) is -0.494. The van der Waals surface area contributed by atoms with Crippen molar-refractivity contribution in [2.75, 3.05) is 6.54 Å². The highest BCUT2D eigenvalue weighted by molar-refractivity contribution is 5.93. The maximum Gasteiger partial charge on any atom is 0.248 e. The molecule has 0 aliphatic carbocycles. The van der Waals surface area contributed by atoms with Gasteiger partial charge in [-0.1, -0.05) is 12.1 Å². The summed E-state index contributed by atoms with van der Waals surface area (Å²) in [5, 5.41) is 5.77. The molecule has 0 aromatic heterocycles. The summed E-state index contributed by atoms with van der Waals surface area (Å²) in [6.45, 7) is 2.28. The van der Waals surface area contributed by atoms with Gasteiger partial charge in [-0.2, -0.15) is 0 Å². The molecule has 0 unspecified atom stereocenters. The van der Waals surface area contributed by atoms with Crippen LogP contribution in [-0.4, -0.2) is 36.7 Å². The highest BCUT2D eigenvalue weighted by Crippen LogP contribution is 2.26. The minimum atomic E-state index is -0.489. The van der Waals surface area contributed by atoms with E-state index in [0.717, 1.165) is 5.56 Å². The van der Waals surface area contributed by atoms with Crippen molar-refractivity contribution in [2.24, 2.45) is 5.73 Å². The van der Waals surface area contributed by atoms with E-state index >= 15 is 0 Å². The zero-order chi connectivity index (χ0) is 15.4. The molecule has 4 N–H and O–H groups in total. The number of hydrogen-bond donors (Lipinski definition) is 3. The second kappa shape index (κ2) is 6.49. The monoisotopic (exact) mass is 289 g/mol. The second-order valence-electron chi connectivity index (χ2n) is 5.32. The second-order valence-corrected chi connectivity index (χ2v) is 5.32. The minimum absolute atomic E-state index is 0.145. The van der Waals surface area contributed by atoms with E-state index in [2.05, 4.69) is 10.6 Å². The minimum Gasteiger partial charge on any atom is -0.366 e. The number of rotatable bonds is 5. The van der Waals surface area contributed by atoms with Crippen LogP contribution in [0, 0.1) is 0 Å². The van der Waals surface area contributed by atoms with Crippen molar-refractivity contribution in [3.63, 3.8) is 0 Å².